The van der Waals surface area contributed by atoms with Crippen molar-refractivity contribution in [2.75, 3.05) is 0 Å². The molecule has 2 N–H and O–H groups in total. The van der Waals surface area contributed by atoms with Crippen LogP contribution in [0.1, 0.15) is 25.1 Å². The molecule has 0 fully saturated rings. The van der Waals surface area contributed by atoms with Crippen molar-refractivity contribution in [1.82, 2.24) is 4.98 Å². The molecule has 84 valence electrons. The molecule has 0 saturated carbocycles. The number of aryl methyl sites for hydroxylation is 1. The molecule has 0 spiro atoms. The van der Waals surface area contributed by atoms with Gasteiger partial charge in [-0.1, -0.05) is 12.1 Å². The van der Waals surface area contributed by atoms with Gasteiger partial charge in [-0.2, -0.15) is 0 Å². The number of hydrogen-bond donors (Lipinski definition) is 1. The molecule has 2 nitrogen and oxygen atoms in total. The highest BCUT2D eigenvalue weighted by Gasteiger charge is 2.18. The van der Waals surface area contributed by atoms with Crippen molar-refractivity contribution in [2.24, 2.45) is 5.73 Å². The Morgan fingerprint density at radius 2 is 2.00 bits per heavy atom. The number of benzene rings is 1. The lowest BCUT2D eigenvalue weighted by molar-refractivity contribution is 0.558. The second-order valence-corrected chi connectivity index (χ2v) is 5.52. The topological polar surface area (TPSA) is 38.9 Å². The number of pyridine rings is 1. The molecule has 3 heteroatoms. The highest BCUT2D eigenvalue weighted by Crippen LogP contribution is 2.30. The lowest BCUT2D eigenvalue weighted by Crippen LogP contribution is -2.29. The summed E-state index contributed by atoms with van der Waals surface area (Å²) in [4.78, 5) is 4.55. The van der Waals surface area contributed by atoms with Gasteiger partial charge in [-0.3, -0.25) is 4.98 Å². The third-order valence-electron chi connectivity index (χ3n) is 2.61. The minimum Gasteiger partial charge on any atom is -0.322 e. The molecule has 0 aliphatic rings. The molecule has 1 aromatic heterocycles. The molecule has 0 aliphatic heterocycles. The quantitative estimate of drug-likeness (QED) is 0.867. The fraction of sp³-hybridized carbons (Fsp3) is 0.308. The first-order chi connectivity index (χ1) is 7.39. The van der Waals surface area contributed by atoms with E-state index in [2.05, 4.69) is 33.0 Å². The van der Waals surface area contributed by atoms with Gasteiger partial charge in [-0.25, -0.2) is 0 Å². The molecule has 1 aromatic carbocycles. The van der Waals surface area contributed by atoms with Gasteiger partial charge in [0.05, 0.1) is 5.52 Å². The van der Waals surface area contributed by atoms with Gasteiger partial charge in [0.2, 0.25) is 0 Å². The molecule has 0 atom stereocenters. The van der Waals surface area contributed by atoms with E-state index < -0.39 is 0 Å². The fourth-order valence-electron chi connectivity index (χ4n) is 1.87. The van der Waals surface area contributed by atoms with Gasteiger partial charge in [0.25, 0.3) is 0 Å². The summed E-state index contributed by atoms with van der Waals surface area (Å²) in [5, 5.41) is 1.12. The van der Waals surface area contributed by atoms with Crippen molar-refractivity contribution in [2.45, 2.75) is 26.3 Å². The molecule has 0 aliphatic carbocycles. The number of nitrogens with two attached hydrogens (primary N) is 1. The molecule has 0 unspecified atom stereocenters. The van der Waals surface area contributed by atoms with E-state index in [1.54, 1.807) is 0 Å². The minimum absolute atomic E-state index is 0.354. The highest BCUT2D eigenvalue weighted by molar-refractivity contribution is 9.10. The van der Waals surface area contributed by atoms with E-state index in [0.29, 0.717) is 0 Å². The van der Waals surface area contributed by atoms with Crippen LogP contribution in [-0.4, -0.2) is 4.98 Å². The molecule has 1 heterocycles. The first-order valence-corrected chi connectivity index (χ1v) is 6.04. The molecule has 0 radical (unpaired) electrons. The predicted octanol–water partition coefficient (Wildman–Crippen LogP) is 3.50. The Kier molecular flexibility index (Phi) is 2.76. The molecular formula is C13H15BrN2. The molecular weight excluding hydrogens is 264 g/mol. The SMILES string of the molecule is Cc1cc(C(C)(C)N)c2cccc(Br)c2n1. The van der Waals surface area contributed by atoms with E-state index in [1.807, 2.05) is 32.9 Å². The zero-order valence-corrected chi connectivity index (χ0v) is 11.3. The Balaban J connectivity index is 2.89. The van der Waals surface area contributed by atoms with Gasteiger partial charge in [0.15, 0.2) is 0 Å². The third kappa shape index (κ3) is 1.97. The van der Waals surface area contributed by atoms with Crippen LogP contribution in [0.3, 0.4) is 0 Å². The van der Waals surface area contributed by atoms with Crippen LogP contribution in [0.5, 0.6) is 0 Å². The average molecular weight is 279 g/mol. The van der Waals surface area contributed by atoms with E-state index >= 15 is 0 Å². The summed E-state index contributed by atoms with van der Waals surface area (Å²) in [6.45, 7) is 6.03. The summed E-state index contributed by atoms with van der Waals surface area (Å²) in [6.07, 6.45) is 0. The van der Waals surface area contributed by atoms with Gasteiger partial charge in [0.1, 0.15) is 0 Å². The van der Waals surface area contributed by atoms with Crippen LogP contribution in [0.2, 0.25) is 0 Å². The molecule has 0 saturated heterocycles. The maximum atomic E-state index is 6.20. The summed E-state index contributed by atoms with van der Waals surface area (Å²) in [5.74, 6) is 0. The van der Waals surface area contributed by atoms with Crippen LogP contribution in [0.4, 0.5) is 0 Å². The highest BCUT2D eigenvalue weighted by atomic mass is 79.9. The molecule has 2 rings (SSSR count). The van der Waals surface area contributed by atoms with Crippen molar-refractivity contribution in [3.8, 4) is 0 Å². The van der Waals surface area contributed by atoms with Crippen molar-refractivity contribution < 1.29 is 0 Å². The van der Waals surface area contributed by atoms with Crippen LogP contribution in [0.25, 0.3) is 10.9 Å². The Bertz CT molecular complexity index is 541. The summed E-state index contributed by atoms with van der Waals surface area (Å²) in [6, 6.07) is 8.14. The second kappa shape index (κ2) is 3.82. The zero-order chi connectivity index (χ0) is 11.9. The number of fused-ring (bicyclic) bond motifs is 1. The van der Waals surface area contributed by atoms with E-state index in [0.717, 1.165) is 26.6 Å². The van der Waals surface area contributed by atoms with Crippen molar-refractivity contribution in [1.29, 1.82) is 0 Å². The van der Waals surface area contributed by atoms with Crippen molar-refractivity contribution in [3.05, 3.63) is 40.0 Å². The monoisotopic (exact) mass is 278 g/mol. The Morgan fingerprint density at radius 3 is 2.62 bits per heavy atom. The van der Waals surface area contributed by atoms with Crippen LogP contribution >= 0.6 is 15.9 Å². The number of halogens is 1. The Morgan fingerprint density at radius 1 is 1.31 bits per heavy atom. The third-order valence-corrected chi connectivity index (χ3v) is 3.25. The maximum absolute atomic E-state index is 6.20. The largest absolute Gasteiger partial charge is 0.322 e. The van der Waals surface area contributed by atoms with Crippen LogP contribution < -0.4 is 5.73 Å². The number of rotatable bonds is 1. The van der Waals surface area contributed by atoms with Gasteiger partial charge in [0, 0.05) is 21.1 Å². The van der Waals surface area contributed by atoms with E-state index in [4.69, 9.17) is 5.73 Å². The van der Waals surface area contributed by atoms with E-state index in [-0.39, 0.29) is 5.54 Å². The minimum atomic E-state index is -0.354. The smallest absolute Gasteiger partial charge is 0.0850 e. The van der Waals surface area contributed by atoms with Crippen LogP contribution in [-0.2, 0) is 5.54 Å². The van der Waals surface area contributed by atoms with E-state index in [9.17, 15) is 0 Å². The van der Waals surface area contributed by atoms with Gasteiger partial charge < -0.3 is 5.73 Å². The van der Waals surface area contributed by atoms with Gasteiger partial charge >= 0.3 is 0 Å². The summed E-state index contributed by atoms with van der Waals surface area (Å²) in [5.41, 5.74) is 8.96. The Hall–Kier alpha value is -0.930. The molecule has 2 aromatic rings. The Labute approximate surface area is 104 Å². The normalized spacial score (nSPS) is 12.1. The number of para-hydroxylation sites is 1. The fourth-order valence-corrected chi connectivity index (χ4v) is 2.33. The molecule has 16 heavy (non-hydrogen) atoms. The van der Waals surface area contributed by atoms with Crippen LogP contribution in [0.15, 0.2) is 28.7 Å². The van der Waals surface area contributed by atoms with Crippen molar-refractivity contribution in [3.63, 3.8) is 0 Å². The maximum Gasteiger partial charge on any atom is 0.0850 e. The molecule has 0 amide bonds. The van der Waals surface area contributed by atoms with Gasteiger partial charge in [-0.15, -0.1) is 0 Å². The van der Waals surface area contributed by atoms with Crippen molar-refractivity contribution >= 4 is 26.8 Å². The summed E-state index contributed by atoms with van der Waals surface area (Å²) < 4.78 is 1.01. The first-order valence-electron chi connectivity index (χ1n) is 5.25. The molecule has 0 bridgehead atoms. The van der Waals surface area contributed by atoms with Gasteiger partial charge in [-0.05, 0) is 54.4 Å². The number of aromatic nitrogens is 1. The summed E-state index contributed by atoms with van der Waals surface area (Å²) in [7, 11) is 0. The lowest BCUT2D eigenvalue weighted by Gasteiger charge is -2.22. The number of hydrogen-bond acceptors (Lipinski definition) is 2. The van der Waals surface area contributed by atoms with E-state index in [1.165, 1.54) is 0 Å². The standard InChI is InChI=1S/C13H15BrN2/c1-8-7-10(13(2,3)15)9-5-4-6-11(14)12(9)16-8/h4-7H,15H2,1-3H3. The average Bonchev–Trinajstić information content (AvgIpc) is 2.17. The second-order valence-electron chi connectivity index (χ2n) is 4.67. The van der Waals surface area contributed by atoms with Crippen LogP contribution in [0, 0.1) is 6.92 Å². The number of nitrogens with zero attached hydrogens (tertiary/aromatic N) is 1. The first kappa shape index (κ1) is 11.6. The predicted molar refractivity (Wildman–Crippen MR) is 71.4 cm³/mol. The summed E-state index contributed by atoms with van der Waals surface area (Å²) >= 11 is 3.53. The lowest BCUT2D eigenvalue weighted by atomic mass is 9.92. The zero-order valence-electron chi connectivity index (χ0n) is 9.71.